The van der Waals surface area contributed by atoms with E-state index >= 15 is 0 Å². The zero-order valence-corrected chi connectivity index (χ0v) is 85.6. The van der Waals surface area contributed by atoms with Gasteiger partial charge in [0.2, 0.25) is 0 Å². The van der Waals surface area contributed by atoms with Crippen LogP contribution in [0.4, 0.5) is 0 Å². The lowest BCUT2D eigenvalue weighted by Crippen LogP contribution is -2.38. The molecule has 0 aliphatic rings. The fourth-order valence-electron chi connectivity index (χ4n) is 17.3. The average molecular weight is 1800 g/mol. The van der Waals surface area contributed by atoms with Gasteiger partial charge in [-0.05, 0) is 172 Å². The van der Waals surface area contributed by atoms with Crippen molar-refractivity contribution in [1.29, 1.82) is 0 Å². The molecule has 0 aromatic carbocycles. The number of alkyl halides is 1. The van der Waals surface area contributed by atoms with Crippen molar-refractivity contribution in [2.45, 2.75) is 537 Å². The number of rotatable bonds is 101. The standard InChI is InChI=1S/C54H108N2O6.C50H98ClNO4.C5H12O2/c1-5-9-13-17-21-29-37-51(35-27-15-11-7-3)49-61-53(59)39-31-23-19-25-33-41-55(43-44-56(45-47-57)46-48-58)42-34-26-20-24-32-40-54(60)62-50-52(36-28-16-12-8-4)38-30-22-18-14-10-6-2;1-5-9-13-17-21-29-37-47(35-27-15-11-7-3)45-55-49(53)39-31-23-19-25-33-42-52(44-41-51)43-34-26-20-24-32-40-50(54)56-46-48(36-28-16-12-8-4)38-30-22-18-14-10-6-2;6-4-2-1-3-5-7/h51-52,57-58H,5-50H2,1-4H3;47-48H,5-46H2,1-4H3;6-7H,1-5H2. The summed E-state index contributed by atoms with van der Waals surface area (Å²) in [6, 6.07) is 0. The molecular weight excluding hydrogens is 1580 g/mol. The summed E-state index contributed by atoms with van der Waals surface area (Å²) >= 11 is 6.15. The minimum Gasteiger partial charge on any atom is -0.465 e. The van der Waals surface area contributed by atoms with Crippen molar-refractivity contribution >= 4 is 35.5 Å². The van der Waals surface area contributed by atoms with Crippen LogP contribution in [0.5, 0.6) is 0 Å². The van der Waals surface area contributed by atoms with Crippen molar-refractivity contribution in [2.24, 2.45) is 23.7 Å². The number of nitrogens with zero attached hydrogens (tertiary/aromatic N) is 3. The lowest BCUT2D eigenvalue weighted by molar-refractivity contribution is -0.146. The maximum Gasteiger partial charge on any atom is 0.305 e. The number of esters is 4. The van der Waals surface area contributed by atoms with Crippen LogP contribution < -0.4 is 0 Å². The normalized spacial score (nSPS) is 12.5. The number of ether oxygens (including phenoxy) is 4. The molecule has 0 aliphatic carbocycles. The number of carbonyl (C=O) groups is 4. The molecule has 0 heterocycles. The van der Waals surface area contributed by atoms with E-state index < -0.39 is 0 Å². The topological polar surface area (TPSA) is 196 Å². The third-order valence-electron chi connectivity index (χ3n) is 25.9. The van der Waals surface area contributed by atoms with E-state index in [4.69, 9.17) is 40.8 Å². The van der Waals surface area contributed by atoms with Gasteiger partial charge in [-0.3, -0.25) is 24.1 Å². The Hall–Kier alpha value is -2.11. The first kappa shape index (κ1) is 127. The molecule has 4 N–H and O–H groups in total. The van der Waals surface area contributed by atoms with E-state index in [9.17, 15) is 29.4 Å². The molecule has 0 aromatic heterocycles. The monoisotopic (exact) mass is 1800 g/mol. The SMILES string of the molecule is CCCCCCCCC(CCCCCC)COC(=O)CCCCCCCN(CCCCCCCC(=O)OCC(CCCCCC)CCCCCCCC)CCN(CCO)CCO.CCCCCCCCC(CCCCCC)COC(=O)CCCCCCCN(CCCl)CCCCCCCC(=O)OCC(CCCCCC)CCCCCCCC.OCCCCCO. The largest absolute Gasteiger partial charge is 0.465 e. The second kappa shape index (κ2) is 109. The zero-order chi connectivity index (χ0) is 91.9. The first-order valence-electron chi connectivity index (χ1n) is 55.1. The second-order valence-corrected chi connectivity index (χ2v) is 38.4. The Morgan fingerprint density at radius 2 is 0.368 bits per heavy atom. The van der Waals surface area contributed by atoms with E-state index in [0.29, 0.717) is 94.8 Å². The number of hydrogen-bond donors (Lipinski definition) is 4. The smallest absolute Gasteiger partial charge is 0.305 e. The van der Waals surface area contributed by atoms with Crippen molar-refractivity contribution in [2.75, 3.05) is 118 Å². The highest BCUT2D eigenvalue weighted by atomic mass is 35.5. The summed E-state index contributed by atoms with van der Waals surface area (Å²) in [6.07, 6.45) is 88.8. The number of aliphatic hydroxyl groups is 4. The number of hydrogen-bond acceptors (Lipinski definition) is 15. The molecule has 15 nitrogen and oxygen atoms in total. The van der Waals surface area contributed by atoms with Crippen molar-refractivity contribution < 1.29 is 58.6 Å². The highest BCUT2D eigenvalue weighted by Gasteiger charge is 2.19. The van der Waals surface area contributed by atoms with Gasteiger partial charge in [0, 0.05) is 77.5 Å². The molecule has 748 valence electrons. The van der Waals surface area contributed by atoms with Crippen LogP contribution in [0.1, 0.15) is 537 Å². The van der Waals surface area contributed by atoms with Crippen LogP contribution in [0, 0.1) is 23.7 Å². The Bertz CT molecular complexity index is 1970. The Morgan fingerprint density at radius 1 is 0.200 bits per heavy atom. The number of aliphatic hydroxyl groups excluding tert-OH is 4. The molecule has 0 radical (unpaired) electrons. The van der Waals surface area contributed by atoms with Crippen molar-refractivity contribution in [1.82, 2.24) is 14.7 Å². The second-order valence-electron chi connectivity index (χ2n) is 38.1. The number of halogens is 1. The van der Waals surface area contributed by atoms with Crippen LogP contribution in [0.2, 0.25) is 0 Å². The summed E-state index contributed by atoms with van der Waals surface area (Å²) in [5.74, 6) is 2.81. The highest BCUT2D eigenvalue weighted by Crippen LogP contribution is 2.26. The zero-order valence-electron chi connectivity index (χ0n) is 84.8. The first-order chi connectivity index (χ1) is 61.3. The summed E-state index contributed by atoms with van der Waals surface area (Å²) in [7, 11) is 0. The van der Waals surface area contributed by atoms with Crippen LogP contribution in [0.15, 0.2) is 0 Å². The average Bonchev–Trinajstić information content (AvgIpc) is 0.962. The molecule has 0 rings (SSSR count). The Morgan fingerprint density at radius 3 is 0.568 bits per heavy atom. The van der Waals surface area contributed by atoms with Gasteiger partial charge in [0.05, 0.1) is 39.6 Å². The summed E-state index contributed by atoms with van der Waals surface area (Å²) in [5.41, 5.74) is 0. The summed E-state index contributed by atoms with van der Waals surface area (Å²) in [6.45, 7) is 29.6. The minimum absolute atomic E-state index is 0.00967. The van der Waals surface area contributed by atoms with Crippen molar-refractivity contribution in [3.8, 4) is 0 Å². The van der Waals surface area contributed by atoms with Gasteiger partial charge in [0.15, 0.2) is 0 Å². The Balaban J connectivity index is -0.00000222. The molecular formula is C109H218ClN3O12. The molecule has 16 heteroatoms. The van der Waals surface area contributed by atoms with E-state index in [1.165, 1.54) is 347 Å². The van der Waals surface area contributed by atoms with E-state index in [-0.39, 0.29) is 50.3 Å². The third kappa shape index (κ3) is 101. The molecule has 0 bridgehead atoms. The molecule has 0 fully saturated rings. The lowest BCUT2D eigenvalue weighted by Gasteiger charge is -2.27. The molecule has 0 aliphatic heterocycles. The Labute approximate surface area is 782 Å². The van der Waals surface area contributed by atoms with E-state index in [1.54, 1.807) is 0 Å². The van der Waals surface area contributed by atoms with E-state index in [1.807, 2.05) is 0 Å². The van der Waals surface area contributed by atoms with Gasteiger partial charge < -0.3 is 49.2 Å². The Kier molecular flexibility index (Phi) is 111. The third-order valence-corrected chi connectivity index (χ3v) is 26.0. The minimum atomic E-state index is -0.0105. The fraction of sp³-hybridized carbons (Fsp3) is 0.963. The van der Waals surface area contributed by atoms with Crippen LogP contribution in [0.25, 0.3) is 0 Å². The fourth-order valence-corrected chi connectivity index (χ4v) is 17.5. The van der Waals surface area contributed by atoms with Gasteiger partial charge in [-0.1, -0.05) is 389 Å². The summed E-state index contributed by atoms with van der Waals surface area (Å²) in [4.78, 5) is 57.6. The van der Waals surface area contributed by atoms with Crippen molar-refractivity contribution in [3.63, 3.8) is 0 Å². The molecule has 0 saturated carbocycles. The van der Waals surface area contributed by atoms with E-state index in [0.717, 1.165) is 155 Å². The van der Waals surface area contributed by atoms with Crippen molar-refractivity contribution in [3.05, 3.63) is 0 Å². The molecule has 0 spiro atoms. The molecule has 4 atom stereocenters. The van der Waals surface area contributed by atoms with Gasteiger partial charge in [0.1, 0.15) is 0 Å². The maximum atomic E-state index is 12.7. The van der Waals surface area contributed by atoms with Crippen LogP contribution >= 0.6 is 11.6 Å². The van der Waals surface area contributed by atoms with E-state index in [2.05, 4.69) is 70.1 Å². The van der Waals surface area contributed by atoms with Crippen LogP contribution in [-0.4, -0.2) is 177 Å². The van der Waals surface area contributed by atoms with Crippen LogP contribution in [0.3, 0.4) is 0 Å². The molecule has 125 heavy (non-hydrogen) atoms. The van der Waals surface area contributed by atoms with Gasteiger partial charge >= 0.3 is 23.9 Å². The summed E-state index contributed by atoms with van der Waals surface area (Å²) in [5, 5.41) is 35.5. The maximum absolute atomic E-state index is 12.7. The van der Waals surface area contributed by atoms with Gasteiger partial charge in [-0.25, -0.2) is 0 Å². The molecule has 0 saturated heterocycles. The summed E-state index contributed by atoms with van der Waals surface area (Å²) < 4.78 is 23.3. The van der Waals surface area contributed by atoms with Gasteiger partial charge in [0.25, 0.3) is 0 Å². The number of carbonyl (C=O) groups excluding carboxylic acids is 4. The molecule has 0 amide bonds. The number of unbranched alkanes of at least 4 members (excludes halogenated alkanes) is 50. The van der Waals surface area contributed by atoms with Gasteiger partial charge in [-0.2, -0.15) is 0 Å². The predicted molar refractivity (Wildman–Crippen MR) is 538 cm³/mol. The lowest BCUT2D eigenvalue weighted by atomic mass is 9.95. The molecule has 0 aromatic rings. The first-order valence-corrected chi connectivity index (χ1v) is 55.7. The highest BCUT2D eigenvalue weighted by molar-refractivity contribution is 6.18. The quantitative estimate of drug-likeness (QED) is 0.0194. The van der Waals surface area contributed by atoms with Gasteiger partial charge in [-0.15, -0.1) is 11.6 Å². The molecule has 4 unspecified atom stereocenters. The predicted octanol–water partition coefficient (Wildman–Crippen LogP) is 30.1. The van der Waals surface area contributed by atoms with Crippen LogP contribution in [-0.2, 0) is 38.1 Å².